The van der Waals surface area contributed by atoms with E-state index < -0.39 is 157 Å². The van der Waals surface area contributed by atoms with E-state index in [2.05, 4.69) is 13.2 Å². The van der Waals surface area contributed by atoms with E-state index in [9.17, 15) is 50.1 Å². The number of hydrogen-bond donors (Lipinski definition) is 7. The van der Waals surface area contributed by atoms with Crippen LogP contribution in [-0.2, 0) is 61.8 Å². The summed E-state index contributed by atoms with van der Waals surface area (Å²) in [6.07, 6.45) is -4.89. The van der Waals surface area contributed by atoms with E-state index in [1.165, 1.54) is 19.1 Å². The standard InChI is InChI=1S/C61H91ClO20/c1-32(17-40(64)16-15-33(2)62)18-51-53(69)55-37(6)56(76-51)57(70)61(72)29-49(67)35(4)50(82-61)14-12-10-11-13-42-20-41(65)25-59(78-42)27-45(73-9)21-43(79-59)23-48(66)36(5)54-34(3)39(30-74-54)19-47-26-58(8,71)31-60(81-47)28-46(75-38(7)63)22-44(80-60)24-52(68)77-55/h11,13,15-16,19,34-37,40-47,49-51,53-57,64-65,67,69-72H,1-2,10,12,14,17-18,20-31H2,3-9H3/b13-11-,16-15+,39-19-/t34-,35-,36+,37+,40-,41+,42+,43+,44-,45+,46+,47+,49+,50-,51+,53+,54+,55+,56+,57-,58+,59-,60-,61?/m0/s1. The van der Waals surface area contributed by atoms with Crippen molar-refractivity contribution in [2.75, 3.05) is 13.7 Å². The zero-order chi connectivity index (χ0) is 59.6. The van der Waals surface area contributed by atoms with Crippen LogP contribution in [0.25, 0.3) is 0 Å². The summed E-state index contributed by atoms with van der Waals surface area (Å²) >= 11 is 5.89. The van der Waals surface area contributed by atoms with Gasteiger partial charge in [0.15, 0.2) is 17.4 Å². The van der Waals surface area contributed by atoms with Gasteiger partial charge >= 0.3 is 11.9 Å². The Morgan fingerprint density at radius 1 is 0.854 bits per heavy atom. The SMILES string of the molecule is C=C(Cl)/C=C/[C@H](O)CC(=C)C[C@H]1O[C@@H]2[C@H](C)[C@@H](OC(=O)C[C@@H]3C[C@@H](OC(C)=O)C[C@]4(C[C@](C)(O)C[C@@H](/C=C5/CO[C@@H]([C@H](C)C(=O)C[C@H]6C[C@@H](OC)C[C@]7(C[C@H](O)C[C@@H](/C=C\CCC[C@@H]8OC(O)(C[C@@H](O)[C@@H]8C)[C@H]2O)O7)O6)[C@H]5C)O4)O3)[C@@H]1O. The highest BCUT2D eigenvalue weighted by Gasteiger charge is 2.58. The molecule has 1 unspecified atom stereocenters. The molecule has 21 heteroatoms. The second kappa shape index (κ2) is 26.9. The van der Waals surface area contributed by atoms with Crippen molar-refractivity contribution in [2.24, 2.45) is 23.7 Å². The Morgan fingerprint density at radius 2 is 1.55 bits per heavy atom. The summed E-state index contributed by atoms with van der Waals surface area (Å²) < 4.78 is 63.9. The minimum absolute atomic E-state index is 0.0131. The van der Waals surface area contributed by atoms with Gasteiger partial charge in [0, 0.05) is 107 Å². The predicted octanol–water partition coefficient (Wildman–Crippen LogP) is 5.36. The number of Topliss-reactive ketones (excluding diaryl/α,β-unsaturated/α-hetero) is 1. The van der Waals surface area contributed by atoms with Crippen LogP contribution in [0, 0.1) is 23.7 Å². The van der Waals surface area contributed by atoms with E-state index in [0.29, 0.717) is 44.1 Å². The van der Waals surface area contributed by atoms with Gasteiger partial charge in [0.2, 0.25) is 0 Å². The molecule has 82 heavy (non-hydrogen) atoms. The molecule has 8 aliphatic rings. The predicted molar refractivity (Wildman–Crippen MR) is 296 cm³/mol. The number of halogens is 1. The maximum atomic E-state index is 14.4. The molecule has 0 aromatic heterocycles. The molecule has 0 radical (unpaired) electrons. The molecule has 8 rings (SSSR count). The molecular formula is C61H91ClO20. The molecule has 20 nitrogen and oxygen atoms in total. The summed E-state index contributed by atoms with van der Waals surface area (Å²) in [7, 11) is 1.61. The number of aliphatic hydroxyl groups excluding tert-OH is 5. The minimum Gasteiger partial charge on any atom is -0.462 e. The van der Waals surface area contributed by atoms with E-state index in [-0.39, 0.29) is 80.8 Å². The normalized spacial score (nSPS) is 46.9. The molecule has 2 spiro atoms. The van der Waals surface area contributed by atoms with Gasteiger partial charge < -0.3 is 83.1 Å². The van der Waals surface area contributed by atoms with Gasteiger partial charge in [0.1, 0.15) is 30.2 Å². The molecule has 8 aliphatic heterocycles. The monoisotopic (exact) mass is 1180 g/mol. The molecule has 7 saturated heterocycles. The highest BCUT2D eigenvalue weighted by Crippen LogP contribution is 2.48. The third-order valence-electron chi connectivity index (χ3n) is 18.3. The average Bonchev–Trinajstić information content (AvgIpc) is 2.35. The highest BCUT2D eigenvalue weighted by atomic mass is 35.5. The topological polar surface area (TPSA) is 285 Å². The van der Waals surface area contributed by atoms with Crippen molar-refractivity contribution in [1.29, 1.82) is 0 Å². The first-order valence-corrected chi connectivity index (χ1v) is 29.9. The van der Waals surface area contributed by atoms with E-state index in [4.69, 9.17) is 59.0 Å². The fraction of sp³-hybridized carbons (Fsp3) is 0.787. The van der Waals surface area contributed by atoms with Crippen LogP contribution in [0.2, 0.25) is 0 Å². The second-order valence-electron chi connectivity index (χ2n) is 25.4. The summed E-state index contributed by atoms with van der Waals surface area (Å²) in [5.41, 5.74) is -0.103. The largest absolute Gasteiger partial charge is 0.462 e. The molecular weight excluding hydrogens is 1090 g/mol. The molecule has 24 atom stereocenters. The summed E-state index contributed by atoms with van der Waals surface area (Å²) in [5, 5.41) is 82.5. The number of rotatable bonds is 8. The van der Waals surface area contributed by atoms with Gasteiger partial charge in [0.05, 0.1) is 91.9 Å². The minimum atomic E-state index is -2.39. The molecule has 12 bridgehead atoms. The van der Waals surface area contributed by atoms with Gasteiger partial charge in [-0.15, -0.1) is 0 Å². The van der Waals surface area contributed by atoms with Gasteiger partial charge in [-0.1, -0.05) is 82.3 Å². The van der Waals surface area contributed by atoms with Crippen molar-refractivity contribution in [3.63, 3.8) is 0 Å². The van der Waals surface area contributed by atoms with Gasteiger partial charge in [-0.3, -0.25) is 14.4 Å². The second-order valence-corrected chi connectivity index (χ2v) is 25.9. The van der Waals surface area contributed by atoms with Crippen LogP contribution in [0.15, 0.2) is 59.7 Å². The molecule has 0 aromatic rings. The Morgan fingerprint density at radius 3 is 2.27 bits per heavy atom. The van der Waals surface area contributed by atoms with Crippen LogP contribution < -0.4 is 0 Å². The van der Waals surface area contributed by atoms with Crippen molar-refractivity contribution in [2.45, 2.75) is 265 Å². The summed E-state index contributed by atoms with van der Waals surface area (Å²) in [5.74, 6) is -8.93. The van der Waals surface area contributed by atoms with Crippen LogP contribution in [0.1, 0.15) is 144 Å². The highest BCUT2D eigenvalue weighted by molar-refractivity contribution is 6.30. The lowest BCUT2D eigenvalue weighted by Crippen LogP contribution is -2.65. The number of carbonyl (C=O) groups excluding carboxylic acids is 3. The summed E-state index contributed by atoms with van der Waals surface area (Å²) in [6.45, 7) is 18.1. The third kappa shape index (κ3) is 15.9. The lowest BCUT2D eigenvalue weighted by molar-refractivity contribution is -0.350. The van der Waals surface area contributed by atoms with E-state index in [1.54, 1.807) is 27.9 Å². The van der Waals surface area contributed by atoms with Crippen molar-refractivity contribution in [3.8, 4) is 0 Å². The van der Waals surface area contributed by atoms with Crippen LogP contribution in [-0.4, -0.2) is 188 Å². The Balaban J connectivity index is 1.10. The van der Waals surface area contributed by atoms with Crippen molar-refractivity contribution in [3.05, 3.63) is 59.7 Å². The Labute approximate surface area is 487 Å². The number of ether oxygens (including phenoxy) is 10. The quantitative estimate of drug-likeness (QED) is 0.0915. The molecule has 462 valence electrons. The smallest absolute Gasteiger partial charge is 0.308 e. The van der Waals surface area contributed by atoms with Crippen LogP contribution in [0.5, 0.6) is 0 Å². The third-order valence-corrected chi connectivity index (χ3v) is 18.4. The van der Waals surface area contributed by atoms with Crippen molar-refractivity contribution < 1.29 is 97.5 Å². The van der Waals surface area contributed by atoms with Crippen LogP contribution in [0.3, 0.4) is 0 Å². The molecule has 0 amide bonds. The summed E-state index contributed by atoms with van der Waals surface area (Å²) in [6, 6.07) is 0. The summed E-state index contributed by atoms with van der Waals surface area (Å²) in [4.78, 5) is 41.2. The van der Waals surface area contributed by atoms with Gasteiger partial charge in [-0.2, -0.15) is 0 Å². The number of allylic oxidation sites excluding steroid dienone is 3. The lowest BCUT2D eigenvalue weighted by Gasteiger charge is -2.51. The maximum absolute atomic E-state index is 14.4. The first-order chi connectivity index (χ1) is 38.6. The van der Waals surface area contributed by atoms with E-state index >= 15 is 0 Å². The van der Waals surface area contributed by atoms with Crippen LogP contribution in [0.4, 0.5) is 0 Å². The molecule has 0 saturated carbocycles. The number of fused-ring (bicyclic) bond motifs is 10. The zero-order valence-corrected chi connectivity index (χ0v) is 49.4. The molecule has 7 fully saturated rings. The average molecular weight is 1180 g/mol. The molecule has 0 aliphatic carbocycles. The lowest BCUT2D eigenvalue weighted by atomic mass is 9.78. The maximum Gasteiger partial charge on any atom is 0.308 e. The van der Waals surface area contributed by atoms with Gasteiger partial charge in [0.25, 0.3) is 0 Å². The number of aliphatic hydroxyl groups is 7. The number of carbonyl (C=O) groups is 3. The number of ketones is 1. The molecule has 0 aromatic carbocycles. The van der Waals surface area contributed by atoms with Crippen molar-refractivity contribution >= 4 is 29.3 Å². The first kappa shape index (κ1) is 65.0. The van der Waals surface area contributed by atoms with Crippen LogP contribution >= 0.6 is 11.6 Å². The van der Waals surface area contributed by atoms with Crippen molar-refractivity contribution in [1.82, 2.24) is 0 Å². The van der Waals surface area contributed by atoms with Gasteiger partial charge in [-0.05, 0) is 50.7 Å². The molecule has 7 N–H and O–H groups in total. The van der Waals surface area contributed by atoms with E-state index in [0.717, 1.165) is 5.57 Å². The number of methoxy groups -OCH3 is 1. The fourth-order valence-electron chi connectivity index (χ4n) is 14.2. The number of hydrogen-bond acceptors (Lipinski definition) is 20. The fourth-order valence-corrected chi connectivity index (χ4v) is 14.3. The Hall–Kier alpha value is -3.00. The van der Waals surface area contributed by atoms with E-state index in [1.807, 2.05) is 32.1 Å². The molecule has 8 heterocycles. The van der Waals surface area contributed by atoms with Gasteiger partial charge in [-0.25, -0.2) is 0 Å². The Bertz CT molecular complexity index is 2360. The zero-order valence-electron chi connectivity index (χ0n) is 48.7. The Kier molecular flexibility index (Phi) is 21.4. The number of esters is 2. The first-order valence-electron chi connectivity index (χ1n) is 29.6.